The quantitative estimate of drug-likeness (QED) is 0.684. The Morgan fingerprint density at radius 1 is 1.20 bits per heavy atom. The summed E-state index contributed by atoms with van der Waals surface area (Å²) in [5, 5.41) is 10.3. The molecule has 1 aromatic heterocycles. The van der Waals surface area contributed by atoms with Gasteiger partial charge in [0.2, 0.25) is 5.91 Å². The second-order valence-electron chi connectivity index (χ2n) is 5.28. The van der Waals surface area contributed by atoms with E-state index in [2.05, 4.69) is 15.6 Å². The highest BCUT2D eigenvalue weighted by atomic mass is 16.5. The fraction of sp³-hybridized carbons (Fsp3) is 0.412. The van der Waals surface area contributed by atoms with E-state index in [1.165, 1.54) is 10.9 Å². The summed E-state index contributed by atoms with van der Waals surface area (Å²) < 4.78 is 6.87. The van der Waals surface area contributed by atoms with Gasteiger partial charge in [-0.2, -0.15) is 0 Å². The number of hydrogen-bond donors (Lipinski definition) is 1. The molecule has 0 unspecified atom stereocenters. The Hall–Kier alpha value is -2.90. The molecule has 1 N–H and O–H groups in total. The minimum Gasteiger partial charge on any atom is -0.492 e. The van der Waals surface area contributed by atoms with Crippen molar-refractivity contribution >= 4 is 11.8 Å². The zero-order valence-electron chi connectivity index (χ0n) is 14.5. The zero-order valence-corrected chi connectivity index (χ0v) is 14.5. The molecule has 1 aromatic carbocycles. The van der Waals surface area contributed by atoms with Crippen LogP contribution < -0.4 is 10.1 Å². The molecule has 0 bridgehead atoms. The van der Waals surface area contributed by atoms with Crippen molar-refractivity contribution in [1.82, 2.24) is 25.2 Å². The molecule has 8 nitrogen and oxygen atoms in total. The summed E-state index contributed by atoms with van der Waals surface area (Å²) in [7, 11) is 0. The van der Waals surface area contributed by atoms with Gasteiger partial charge < -0.3 is 15.0 Å². The van der Waals surface area contributed by atoms with Crippen molar-refractivity contribution in [3.8, 4) is 5.75 Å². The third-order valence-electron chi connectivity index (χ3n) is 3.58. The van der Waals surface area contributed by atoms with Gasteiger partial charge in [-0.3, -0.25) is 9.59 Å². The molecular formula is C17H23N5O3. The molecule has 2 aromatic rings. The molecule has 0 aliphatic carbocycles. The van der Waals surface area contributed by atoms with Crippen LogP contribution in [0.2, 0.25) is 0 Å². The number of likely N-dealkylation sites (N-methyl/N-ethyl adjacent to an activating group) is 1. The maximum absolute atomic E-state index is 12.0. The number of carbonyl (C=O) groups excluding carboxylic acids is 2. The first-order chi connectivity index (χ1) is 12.1. The van der Waals surface area contributed by atoms with Crippen LogP contribution in [0.15, 0.2) is 36.5 Å². The van der Waals surface area contributed by atoms with Crippen molar-refractivity contribution in [3.05, 3.63) is 42.2 Å². The number of benzene rings is 1. The Morgan fingerprint density at radius 2 is 1.92 bits per heavy atom. The summed E-state index contributed by atoms with van der Waals surface area (Å²) in [5.41, 5.74) is 0.173. The van der Waals surface area contributed by atoms with Crippen LogP contribution in [-0.2, 0) is 11.3 Å². The number of ether oxygens (including phenoxy) is 1. The predicted molar refractivity (Wildman–Crippen MR) is 92.2 cm³/mol. The molecule has 2 rings (SSSR count). The predicted octanol–water partition coefficient (Wildman–Crippen LogP) is 0.955. The summed E-state index contributed by atoms with van der Waals surface area (Å²) in [6.45, 7) is 5.87. The second-order valence-corrected chi connectivity index (χ2v) is 5.28. The molecule has 1 heterocycles. The van der Waals surface area contributed by atoms with Crippen LogP contribution in [0.5, 0.6) is 5.75 Å². The molecule has 0 saturated heterocycles. The lowest BCUT2D eigenvalue weighted by atomic mass is 10.3. The number of carbonyl (C=O) groups is 2. The van der Waals surface area contributed by atoms with Gasteiger partial charge in [0, 0.05) is 13.1 Å². The molecule has 8 heteroatoms. The van der Waals surface area contributed by atoms with E-state index in [9.17, 15) is 9.59 Å². The van der Waals surface area contributed by atoms with Crippen molar-refractivity contribution in [2.24, 2.45) is 0 Å². The van der Waals surface area contributed by atoms with Crippen LogP contribution in [-0.4, -0.2) is 57.9 Å². The summed E-state index contributed by atoms with van der Waals surface area (Å²) in [6.07, 6.45) is 1.47. The van der Waals surface area contributed by atoms with Crippen LogP contribution in [0, 0.1) is 0 Å². The maximum atomic E-state index is 12.0. The number of rotatable bonds is 9. The fourth-order valence-corrected chi connectivity index (χ4v) is 2.24. The minimum absolute atomic E-state index is 0.0573. The van der Waals surface area contributed by atoms with Gasteiger partial charge in [0.25, 0.3) is 5.91 Å². The SMILES string of the molecule is CCN(CC)C(=O)Cn1cc(C(=O)NCCOc2ccccc2)nn1. The zero-order chi connectivity index (χ0) is 18.1. The van der Waals surface area contributed by atoms with Crippen LogP contribution in [0.1, 0.15) is 24.3 Å². The van der Waals surface area contributed by atoms with Crippen LogP contribution in [0.25, 0.3) is 0 Å². The van der Waals surface area contributed by atoms with Crippen LogP contribution in [0.4, 0.5) is 0 Å². The summed E-state index contributed by atoms with van der Waals surface area (Å²) in [6, 6.07) is 9.36. The van der Waals surface area contributed by atoms with Crippen molar-refractivity contribution in [3.63, 3.8) is 0 Å². The highest BCUT2D eigenvalue weighted by Gasteiger charge is 2.14. The molecule has 0 aliphatic heterocycles. The Labute approximate surface area is 146 Å². The monoisotopic (exact) mass is 345 g/mol. The lowest BCUT2D eigenvalue weighted by Gasteiger charge is -2.17. The molecule has 0 fully saturated rings. The van der Waals surface area contributed by atoms with E-state index in [0.29, 0.717) is 26.2 Å². The first-order valence-electron chi connectivity index (χ1n) is 8.28. The van der Waals surface area contributed by atoms with Gasteiger partial charge in [-0.1, -0.05) is 23.4 Å². The smallest absolute Gasteiger partial charge is 0.273 e. The van der Waals surface area contributed by atoms with Gasteiger partial charge in [0.15, 0.2) is 5.69 Å². The number of aromatic nitrogens is 3. The van der Waals surface area contributed by atoms with E-state index in [1.54, 1.807) is 4.90 Å². The molecule has 0 radical (unpaired) electrons. The Kier molecular flexibility index (Phi) is 6.94. The summed E-state index contributed by atoms with van der Waals surface area (Å²) in [4.78, 5) is 25.7. The highest BCUT2D eigenvalue weighted by Crippen LogP contribution is 2.07. The first-order valence-corrected chi connectivity index (χ1v) is 8.28. The van der Waals surface area contributed by atoms with E-state index >= 15 is 0 Å². The average Bonchev–Trinajstić information content (AvgIpc) is 3.09. The average molecular weight is 345 g/mol. The molecule has 0 saturated carbocycles. The van der Waals surface area contributed by atoms with Crippen molar-refractivity contribution < 1.29 is 14.3 Å². The Morgan fingerprint density at radius 3 is 2.60 bits per heavy atom. The number of nitrogens with one attached hydrogen (secondary N) is 1. The van der Waals surface area contributed by atoms with E-state index in [1.807, 2.05) is 44.2 Å². The first kappa shape index (κ1) is 18.4. The van der Waals surface area contributed by atoms with Gasteiger partial charge in [0.1, 0.15) is 18.9 Å². The number of amides is 2. The van der Waals surface area contributed by atoms with Crippen molar-refractivity contribution in [2.45, 2.75) is 20.4 Å². The Bertz CT molecular complexity index is 683. The summed E-state index contributed by atoms with van der Waals surface area (Å²) in [5.74, 6) is 0.342. The normalized spacial score (nSPS) is 10.3. The van der Waals surface area contributed by atoms with Crippen molar-refractivity contribution in [2.75, 3.05) is 26.2 Å². The molecule has 0 aliphatic rings. The molecule has 134 valence electrons. The summed E-state index contributed by atoms with van der Waals surface area (Å²) >= 11 is 0. The van der Waals surface area contributed by atoms with E-state index < -0.39 is 0 Å². The molecular weight excluding hydrogens is 322 g/mol. The largest absolute Gasteiger partial charge is 0.492 e. The van der Waals surface area contributed by atoms with E-state index in [0.717, 1.165) is 5.75 Å². The fourth-order valence-electron chi connectivity index (χ4n) is 2.24. The van der Waals surface area contributed by atoms with Crippen LogP contribution >= 0.6 is 0 Å². The lowest BCUT2D eigenvalue weighted by Crippen LogP contribution is -2.33. The van der Waals surface area contributed by atoms with Crippen LogP contribution in [0.3, 0.4) is 0 Å². The van der Waals surface area contributed by atoms with Gasteiger partial charge in [0.05, 0.1) is 12.7 Å². The molecule has 25 heavy (non-hydrogen) atoms. The third-order valence-corrected chi connectivity index (χ3v) is 3.58. The van der Waals surface area contributed by atoms with Gasteiger partial charge in [-0.05, 0) is 26.0 Å². The number of para-hydroxylation sites is 1. The standard InChI is InChI=1S/C17H23N5O3/c1-3-21(4-2)16(23)13-22-12-15(19-20-22)17(24)18-10-11-25-14-8-6-5-7-9-14/h5-9,12H,3-4,10-11,13H2,1-2H3,(H,18,24). The van der Waals surface area contributed by atoms with E-state index in [4.69, 9.17) is 4.74 Å². The minimum atomic E-state index is -0.349. The van der Waals surface area contributed by atoms with E-state index in [-0.39, 0.29) is 24.1 Å². The third kappa shape index (κ3) is 5.59. The van der Waals surface area contributed by atoms with Gasteiger partial charge in [-0.25, -0.2) is 4.68 Å². The van der Waals surface area contributed by atoms with Gasteiger partial charge in [-0.15, -0.1) is 5.10 Å². The molecule has 2 amide bonds. The molecule has 0 spiro atoms. The van der Waals surface area contributed by atoms with Crippen molar-refractivity contribution in [1.29, 1.82) is 0 Å². The second kappa shape index (κ2) is 9.41. The highest BCUT2D eigenvalue weighted by molar-refractivity contribution is 5.91. The number of hydrogen-bond acceptors (Lipinski definition) is 5. The Balaban J connectivity index is 1.77. The molecule has 0 atom stereocenters. The van der Waals surface area contributed by atoms with Gasteiger partial charge >= 0.3 is 0 Å². The maximum Gasteiger partial charge on any atom is 0.273 e. The lowest BCUT2D eigenvalue weighted by molar-refractivity contribution is -0.131. The topological polar surface area (TPSA) is 89.4 Å². The number of nitrogens with zero attached hydrogens (tertiary/aromatic N) is 4.